The first kappa shape index (κ1) is 18.1. The Morgan fingerprint density at radius 2 is 1.89 bits per heavy atom. The fraction of sp³-hybridized carbons (Fsp3) is 0.520. The normalized spacial score (nSPS) is 39.4. The van der Waals surface area contributed by atoms with Gasteiger partial charge in [-0.2, -0.15) is 0 Å². The fourth-order valence-corrected chi connectivity index (χ4v) is 6.60. The Balaban J connectivity index is 1.42. The van der Waals surface area contributed by atoms with Crippen molar-refractivity contribution in [1.82, 2.24) is 0 Å². The van der Waals surface area contributed by atoms with Crippen LogP contribution >= 0.6 is 0 Å². The summed E-state index contributed by atoms with van der Waals surface area (Å²) in [5.74, 6) is 1.83. The molecule has 0 aliphatic heterocycles. The molecule has 3 nitrogen and oxygen atoms in total. The van der Waals surface area contributed by atoms with Gasteiger partial charge in [-0.1, -0.05) is 43.3 Å². The minimum atomic E-state index is -1.43. The minimum Gasteiger partial charge on any atom is -0.377 e. The summed E-state index contributed by atoms with van der Waals surface area (Å²) >= 11 is 0. The van der Waals surface area contributed by atoms with E-state index in [1.54, 1.807) is 12.1 Å². The molecule has 4 aliphatic rings. The number of allylic oxidation sites excluding steroid dienone is 2. The van der Waals surface area contributed by atoms with Gasteiger partial charge in [-0.25, -0.2) is 0 Å². The van der Waals surface area contributed by atoms with Crippen LogP contribution in [0, 0.1) is 23.2 Å². The van der Waals surface area contributed by atoms with Gasteiger partial charge in [0.05, 0.1) is 0 Å². The monoisotopic (exact) mass is 376 g/mol. The number of aliphatic hydroxyl groups is 1. The zero-order chi connectivity index (χ0) is 19.5. The molecule has 146 valence electrons. The third-order valence-electron chi connectivity index (χ3n) is 8.14. The van der Waals surface area contributed by atoms with E-state index in [0.29, 0.717) is 35.5 Å². The van der Waals surface area contributed by atoms with Crippen LogP contribution in [0.15, 0.2) is 53.6 Å². The lowest BCUT2D eigenvalue weighted by Gasteiger charge is -2.50. The van der Waals surface area contributed by atoms with Gasteiger partial charge in [0.2, 0.25) is 0 Å². The molecule has 1 aromatic carbocycles. The van der Waals surface area contributed by atoms with E-state index in [-0.39, 0.29) is 11.2 Å². The zero-order valence-electron chi connectivity index (χ0n) is 16.5. The predicted octanol–water partition coefficient (Wildman–Crippen LogP) is 4.66. The summed E-state index contributed by atoms with van der Waals surface area (Å²) in [5, 5.41) is 11.1. The topological polar surface area (TPSA) is 54.4 Å². The maximum absolute atomic E-state index is 12.9. The maximum Gasteiger partial charge on any atom is 0.198 e. The van der Waals surface area contributed by atoms with Crippen LogP contribution in [0.1, 0.15) is 62.2 Å². The quantitative estimate of drug-likeness (QED) is 0.764. The molecule has 3 fully saturated rings. The number of ketones is 2. The highest BCUT2D eigenvalue weighted by molar-refractivity contribution is 6.04. The van der Waals surface area contributed by atoms with Gasteiger partial charge in [-0.05, 0) is 67.1 Å². The predicted molar refractivity (Wildman–Crippen MR) is 108 cm³/mol. The molecule has 5 atom stereocenters. The van der Waals surface area contributed by atoms with Gasteiger partial charge in [0, 0.05) is 23.8 Å². The van der Waals surface area contributed by atoms with E-state index in [1.807, 2.05) is 24.3 Å². The van der Waals surface area contributed by atoms with Crippen molar-refractivity contribution in [3.05, 3.63) is 59.2 Å². The van der Waals surface area contributed by atoms with Crippen molar-refractivity contribution in [3.63, 3.8) is 0 Å². The number of hydrogen-bond donors (Lipinski definition) is 1. The lowest BCUT2D eigenvalue weighted by atomic mass is 9.54. The van der Waals surface area contributed by atoms with E-state index in [2.05, 4.69) is 13.0 Å². The van der Waals surface area contributed by atoms with Crippen molar-refractivity contribution in [2.45, 2.75) is 57.5 Å². The third-order valence-corrected chi connectivity index (χ3v) is 8.14. The Kier molecular flexibility index (Phi) is 4.03. The number of hydrogen-bond acceptors (Lipinski definition) is 3. The molecule has 3 heteroatoms. The Hall–Kier alpha value is -2.00. The lowest BCUT2D eigenvalue weighted by Crippen LogP contribution is -2.45. The van der Waals surface area contributed by atoms with Gasteiger partial charge in [-0.3, -0.25) is 9.59 Å². The maximum atomic E-state index is 12.9. The number of fused-ring (bicyclic) bond motifs is 5. The summed E-state index contributed by atoms with van der Waals surface area (Å²) in [7, 11) is 0. The molecule has 0 radical (unpaired) electrons. The van der Waals surface area contributed by atoms with Crippen molar-refractivity contribution in [2.24, 2.45) is 23.2 Å². The van der Waals surface area contributed by atoms with Crippen LogP contribution < -0.4 is 0 Å². The number of carbonyl (C=O) groups excluding carboxylic acids is 2. The molecule has 0 heterocycles. The third kappa shape index (κ3) is 2.52. The molecule has 1 aromatic rings. The lowest BCUT2D eigenvalue weighted by molar-refractivity contribution is -0.129. The van der Waals surface area contributed by atoms with E-state index in [9.17, 15) is 14.7 Å². The van der Waals surface area contributed by atoms with Crippen molar-refractivity contribution in [1.29, 1.82) is 0 Å². The van der Waals surface area contributed by atoms with E-state index < -0.39 is 5.60 Å². The minimum absolute atomic E-state index is 0.110. The highest BCUT2D eigenvalue weighted by Gasteiger charge is 2.55. The van der Waals surface area contributed by atoms with Crippen LogP contribution in [0.5, 0.6) is 0 Å². The van der Waals surface area contributed by atoms with Crippen molar-refractivity contribution in [2.75, 3.05) is 0 Å². The number of benzene rings is 1. The van der Waals surface area contributed by atoms with Crippen LogP contribution in [0.4, 0.5) is 0 Å². The molecule has 0 bridgehead atoms. The van der Waals surface area contributed by atoms with Crippen LogP contribution in [0.3, 0.4) is 0 Å². The van der Waals surface area contributed by atoms with Gasteiger partial charge < -0.3 is 5.11 Å². The molecule has 1 N–H and O–H groups in total. The molecular weight excluding hydrogens is 348 g/mol. The Labute approximate surface area is 166 Å². The first-order valence-electron chi connectivity index (χ1n) is 10.7. The second-order valence-corrected chi connectivity index (χ2v) is 9.49. The summed E-state index contributed by atoms with van der Waals surface area (Å²) in [5.41, 5.74) is 1.53. The molecule has 0 amide bonds. The van der Waals surface area contributed by atoms with Crippen molar-refractivity contribution >= 4 is 11.6 Å². The molecule has 0 aromatic heterocycles. The average Bonchev–Trinajstić information content (AvgIpc) is 3.02. The van der Waals surface area contributed by atoms with E-state index in [0.717, 1.165) is 44.1 Å². The Morgan fingerprint density at radius 3 is 2.68 bits per heavy atom. The van der Waals surface area contributed by atoms with E-state index in [4.69, 9.17) is 0 Å². The summed E-state index contributed by atoms with van der Waals surface area (Å²) in [6, 6.07) is 9.09. The van der Waals surface area contributed by atoms with Gasteiger partial charge in [0.15, 0.2) is 5.78 Å². The highest BCUT2D eigenvalue weighted by Crippen LogP contribution is 2.60. The molecule has 0 saturated heterocycles. The van der Waals surface area contributed by atoms with Gasteiger partial charge >= 0.3 is 0 Å². The second-order valence-electron chi connectivity index (χ2n) is 9.49. The van der Waals surface area contributed by atoms with Gasteiger partial charge in [-0.15, -0.1) is 0 Å². The number of rotatable bonds is 2. The molecule has 4 aliphatic carbocycles. The fourth-order valence-electron chi connectivity index (χ4n) is 6.60. The van der Waals surface area contributed by atoms with Crippen LogP contribution in [0.2, 0.25) is 0 Å². The van der Waals surface area contributed by atoms with Gasteiger partial charge in [0.25, 0.3) is 0 Å². The molecule has 3 saturated carbocycles. The summed E-state index contributed by atoms with van der Waals surface area (Å²) in [4.78, 5) is 25.4. The molecule has 0 spiro atoms. The summed E-state index contributed by atoms with van der Waals surface area (Å²) in [6.45, 7) is 2.20. The molecular formula is C25H28O3. The second kappa shape index (κ2) is 6.25. The van der Waals surface area contributed by atoms with Crippen LogP contribution in [-0.2, 0) is 4.79 Å². The average molecular weight is 376 g/mol. The standard InChI is InChI=1S/C25H28O3/c1-24-13-11-19-18-12-14-25(28,23(27)16-5-3-2-4-6-16)15-17(18)7-8-20(19)21(24)9-10-22(24)26/h2-6,12,15,19-21,28H,7-11,13-14H2,1H3/t19-,20-,21+,24+,25?/m1/s1. The number of Topliss-reactive ketones (excluding diaryl/α,β-unsaturated/α-hetero) is 2. The summed E-state index contributed by atoms with van der Waals surface area (Å²) in [6.07, 6.45) is 10.1. The highest BCUT2D eigenvalue weighted by atomic mass is 16.3. The first-order valence-corrected chi connectivity index (χ1v) is 10.7. The number of carbonyl (C=O) groups is 2. The SMILES string of the molecule is C[C@]12CC[C@@H]3C4=CCC(O)(C(=O)c5ccccc5)C=C4CC[C@H]3[C@@H]1CCC2=O. The zero-order valence-corrected chi connectivity index (χ0v) is 16.5. The van der Waals surface area contributed by atoms with Gasteiger partial charge in [0.1, 0.15) is 11.4 Å². The first-order chi connectivity index (χ1) is 13.4. The largest absolute Gasteiger partial charge is 0.377 e. The Bertz CT molecular complexity index is 896. The molecule has 28 heavy (non-hydrogen) atoms. The van der Waals surface area contributed by atoms with E-state index >= 15 is 0 Å². The van der Waals surface area contributed by atoms with E-state index in [1.165, 1.54) is 5.57 Å². The van der Waals surface area contributed by atoms with Crippen LogP contribution in [-0.4, -0.2) is 22.3 Å². The van der Waals surface area contributed by atoms with Crippen molar-refractivity contribution < 1.29 is 14.7 Å². The molecule has 5 rings (SSSR count). The Morgan fingerprint density at radius 1 is 1.11 bits per heavy atom. The van der Waals surface area contributed by atoms with Crippen molar-refractivity contribution in [3.8, 4) is 0 Å². The molecule has 1 unspecified atom stereocenters. The summed E-state index contributed by atoms with van der Waals surface area (Å²) < 4.78 is 0. The smallest absolute Gasteiger partial charge is 0.198 e. The van der Waals surface area contributed by atoms with Crippen LogP contribution in [0.25, 0.3) is 0 Å².